The molecule has 0 aliphatic carbocycles. The molecule has 2 heteroatoms. The van der Waals surface area contributed by atoms with Gasteiger partial charge < -0.3 is 9.47 Å². The quantitative estimate of drug-likeness (QED) is 0.611. The van der Waals surface area contributed by atoms with Crippen LogP contribution in [0, 0.1) is 0 Å². The zero-order chi connectivity index (χ0) is 10.2. The van der Waals surface area contributed by atoms with Crippen molar-refractivity contribution >= 4 is 0 Å². The van der Waals surface area contributed by atoms with Gasteiger partial charge in [-0.25, -0.2) is 0 Å². The maximum absolute atomic E-state index is 5.85. The van der Waals surface area contributed by atoms with Gasteiger partial charge in [0.2, 0.25) is 0 Å². The Morgan fingerprint density at radius 1 is 1.07 bits per heavy atom. The van der Waals surface area contributed by atoms with Gasteiger partial charge in [-0.05, 0) is 19.3 Å². The third-order valence-corrected chi connectivity index (χ3v) is 2.74. The zero-order valence-electron chi connectivity index (χ0n) is 9.63. The summed E-state index contributed by atoms with van der Waals surface area (Å²) in [4.78, 5) is 0. The van der Waals surface area contributed by atoms with E-state index in [1.807, 2.05) is 0 Å². The van der Waals surface area contributed by atoms with Crippen LogP contribution in [0.1, 0.15) is 58.8 Å². The largest absolute Gasteiger partial charge is 0.353 e. The van der Waals surface area contributed by atoms with Crippen LogP contribution < -0.4 is 0 Å². The van der Waals surface area contributed by atoms with Crippen LogP contribution in [0.5, 0.6) is 0 Å². The van der Waals surface area contributed by atoms with E-state index in [1.54, 1.807) is 0 Å². The molecule has 0 bridgehead atoms. The topological polar surface area (TPSA) is 18.5 Å². The van der Waals surface area contributed by atoms with Crippen LogP contribution in [0.4, 0.5) is 0 Å². The van der Waals surface area contributed by atoms with E-state index in [4.69, 9.17) is 9.47 Å². The molecule has 1 rings (SSSR count). The monoisotopic (exact) mass is 200 g/mol. The first-order valence-corrected chi connectivity index (χ1v) is 6.13. The molecule has 1 aliphatic heterocycles. The van der Waals surface area contributed by atoms with E-state index in [-0.39, 0.29) is 6.29 Å². The molecular formula is C12H24O2. The average Bonchev–Trinajstić information content (AvgIpc) is 2.19. The molecule has 0 amide bonds. The molecule has 84 valence electrons. The van der Waals surface area contributed by atoms with Crippen LogP contribution in [0.25, 0.3) is 0 Å². The van der Waals surface area contributed by atoms with Gasteiger partial charge in [-0.15, -0.1) is 0 Å². The van der Waals surface area contributed by atoms with Crippen LogP contribution in [0.2, 0.25) is 0 Å². The zero-order valence-corrected chi connectivity index (χ0v) is 9.63. The van der Waals surface area contributed by atoms with E-state index in [0.29, 0.717) is 6.10 Å². The molecule has 0 spiro atoms. The summed E-state index contributed by atoms with van der Waals surface area (Å²) in [5.74, 6) is 0. The second-order valence-corrected chi connectivity index (χ2v) is 4.13. The highest BCUT2D eigenvalue weighted by Crippen LogP contribution is 2.20. The average molecular weight is 200 g/mol. The Morgan fingerprint density at radius 3 is 2.64 bits per heavy atom. The van der Waals surface area contributed by atoms with Crippen molar-refractivity contribution in [3.63, 3.8) is 0 Å². The lowest BCUT2D eigenvalue weighted by molar-refractivity contribution is -0.216. The molecule has 1 heterocycles. The number of hydrogen-bond donors (Lipinski definition) is 0. The van der Waals surface area contributed by atoms with Crippen LogP contribution in [0.3, 0.4) is 0 Å². The predicted molar refractivity (Wildman–Crippen MR) is 58.3 cm³/mol. The first-order chi connectivity index (χ1) is 6.86. The van der Waals surface area contributed by atoms with Crippen LogP contribution >= 0.6 is 0 Å². The fraction of sp³-hybridized carbons (Fsp3) is 1.00. The molecule has 2 nitrogen and oxygen atoms in total. The van der Waals surface area contributed by atoms with Gasteiger partial charge in [0.25, 0.3) is 0 Å². The second kappa shape index (κ2) is 7.24. The Balaban J connectivity index is 2.12. The van der Waals surface area contributed by atoms with Gasteiger partial charge in [0.1, 0.15) is 0 Å². The Morgan fingerprint density at radius 2 is 1.93 bits per heavy atom. The summed E-state index contributed by atoms with van der Waals surface area (Å²) in [7, 11) is 0. The highest BCUT2D eigenvalue weighted by molar-refractivity contribution is 4.64. The number of hydrogen-bond acceptors (Lipinski definition) is 2. The second-order valence-electron chi connectivity index (χ2n) is 4.13. The van der Waals surface area contributed by atoms with Crippen molar-refractivity contribution in [1.29, 1.82) is 0 Å². The van der Waals surface area contributed by atoms with Crippen molar-refractivity contribution in [3.05, 3.63) is 0 Å². The van der Waals surface area contributed by atoms with Crippen molar-refractivity contribution in [2.45, 2.75) is 71.2 Å². The van der Waals surface area contributed by atoms with Crippen molar-refractivity contribution < 1.29 is 9.47 Å². The summed E-state index contributed by atoms with van der Waals surface area (Å²) in [6.07, 6.45) is 8.98. The molecule has 0 aromatic carbocycles. The van der Waals surface area contributed by atoms with Gasteiger partial charge in [0, 0.05) is 0 Å². The van der Waals surface area contributed by atoms with Crippen molar-refractivity contribution in [3.8, 4) is 0 Å². The summed E-state index contributed by atoms with van der Waals surface area (Å²) >= 11 is 0. The predicted octanol–water partition coefficient (Wildman–Crippen LogP) is 3.50. The molecule has 0 aromatic heterocycles. The number of rotatable bonds is 6. The summed E-state index contributed by atoms with van der Waals surface area (Å²) in [5, 5.41) is 0. The molecule has 1 saturated heterocycles. The fourth-order valence-electron chi connectivity index (χ4n) is 1.87. The van der Waals surface area contributed by atoms with E-state index in [2.05, 4.69) is 13.8 Å². The standard InChI is InChI=1S/C12H24O2/c1-3-5-6-8-11-9-10-13-12(14-11)7-4-2/h11-12H,3-10H2,1-2H3. The minimum atomic E-state index is 0.0837. The molecule has 14 heavy (non-hydrogen) atoms. The van der Waals surface area contributed by atoms with Crippen LogP contribution in [-0.2, 0) is 9.47 Å². The highest BCUT2D eigenvalue weighted by atomic mass is 16.7. The first-order valence-electron chi connectivity index (χ1n) is 6.13. The molecule has 1 fully saturated rings. The summed E-state index contributed by atoms with van der Waals surface area (Å²) in [6.45, 7) is 5.31. The Kier molecular flexibility index (Phi) is 6.20. The molecule has 0 aromatic rings. The van der Waals surface area contributed by atoms with Crippen molar-refractivity contribution in [1.82, 2.24) is 0 Å². The van der Waals surface area contributed by atoms with Crippen LogP contribution in [0.15, 0.2) is 0 Å². The van der Waals surface area contributed by atoms with E-state index >= 15 is 0 Å². The normalized spacial score (nSPS) is 27.9. The molecule has 0 saturated carbocycles. The first kappa shape index (κ1) is 12.0. The Labute approximate surface area is 88.0 Å². The van der Waals surface area contributed by atoms with Gasteiger partial charge in [-0.3, -0.25) is 0 Å². The summed E-state index contributed by atoms with van der Waals surface area (Å²) in [6, 6.07) is 0. The summed E-state index contributed by atoms with van der Waals surface area (Å²) in [5.41, 5.74) is 0. The van der Waals surface area contributed by atoms with Gasteiger partial charge in [-0.1, -0.05) is 39.5 Å². The maximum Gasteiger partial charge on any atom is 0.157 e. The summed E-state index contributed by atoms with van der Waals surface area (Å²) < 4.78 is 11.4. The SMILES string of the molecule is CCCCCC1CCOC(CCC)O1. The number of unbranched alkanes of at least 4 members (excludes halogenated alkanes) is 2. The smallest absolute Gasteiger partial charge is 0.157 e. The molecule has 2 atom stereocenters. The Hall–Kier alpha value is -0.0800. The van der Waals surface area contributed by atoms with E-state index in [0.717, 1.165) is 25.9 Å². The van der Waals surface area contributed by atoms with Gasteiger partial charge in [0.05, 0.1) is 12.7 Å². The maximum atomic E-state index is 5.85. The number of ether oxygens (including phenoxy) is 2. The lowest BCUT2D eigenvalue weighted by Gasteiger charge is -2.30. The highest BCUT2D eigenvalue weighted by Gasteiger charge is 2.21. The van der Waals surface area contributed by atoms with E-state index < -0.39 is 0 Å². The molecule has 0 N–H and O–H groups in total. The fourth-order valence-corrected chi connectivity index (χ4v) is 1.87. The van der Waals surface area contributed by atoms with Crippen molar-refractivity contribution in [2.24, 2.45) is 0 Å². The van der Waals surface area contributed by atoms with Crippen LogP contribution in [-0.4, -0.2) is 19.0 Å². The van der Waals surface area contributed by atoms with Gasteiger partial charge in [-0.2, -0.15) is 0 Å². The molecule has 1 aliphatic rings. The molecule has 2 unspecified atom stereocenters. The van der Waals surface area contributed by atoms with E-state index in [9.17, 15) is 0 Å². The van der Waals surface area contributed by atoms with Crippen molar-refractivity contribution in [2.75, 3.05) is 6.61 Å². The van der Waals surface area contributed by atoms with Gasteiger partial charge >= 0.3 is 0 Å². The van der Waals surface area contributed by atoms with Gasteiger partial charge in [0.15, 0.2) is 6.29 Å². The third-order valence-electron chi connectivity index (χ3n) is 2.74. The minimum absolute atomic E-state index is 0.0837. The Bertz CT molecular complexity index is 134. The molecular weight excluding hydrogens is 176 g/mol. The lowest BCUT2D eigenvalue weighted by atomic mass is 10.1. The third kappa shape index (κ3) is 4.43. The molecule has 0 radical (unpaired) electrons. The lowest BCUT2D eigenvalue weighted by Crippen LogP contribution is -2.32. The minimum Gasteiger partial charge on any atom is -0.353 e. The van der Waals surface area contributed by atoms with E-state index in [1.165, 1.54) is 25.7 Å².